The van der Waals surface area contributed by atoms with Crippen LogP contribution in [0.2, 0.25) is 0 Å². The van der Waals surface area contributed by atoms with Crippen LogP contribution < -0.4 is 5.32 Å². The molecule has 0 amide bonds. The van der Waals surface area contributed by atoms with Crippen LogP contribution in [0.25, 0.3) is 0 Å². The first-order valence-electron chi connectivity index (χ1n) is 6.44. The standard InChI is InChI=1S/C14H16F3NO/c15-14(16,17)11-7-4-3-6-10(11)13(19)12-8-2-1-5-9-18-12/h3-4,6-7,12,18H,1-2,5,8-9H2. The van der Waals surface area contributed by atoms with Gasteiger partial charge in [0.1, 0.15) is 0 Å². The summed E-state index contributed by atoms with van der Waals surface area (Å²) in [7, 11) is 0. The van der Waals surface area contributed by atoms with Crippen LogP contribution in [0.5, 0.6) is 0 Å². The molecule has 0 bridgehead atoms. The molecule has 1 aromatic rings. The number of hydrogen-bond donors (Lipinski definition) is 1. The molecule has 2 rings (SSSR count). The first-order valence-corrected chi connectivity index (χ1v) is 6.44. The summed E-state index contributed by atoms with van der Waals surface area (Å²) in [6.45, 7) is 0.685. The Bertz CT molecular complexity index is 448. The normalized spacial score (nSPS) is 20.9. The number of alkyl halides is 3. The lowest BCUT2D eigenvalue weighted by molar-refractivity contribution is -0.137. The zero-order chi connectivity index (χ0) is 13.9. The van der Waals surface area contributed by atoms with Crippen LogP contribution in [0.4, 0.5) is 13.2 Å². The van der Waals surface area contributed by atoms with Crippen LogP contribution in [0.1, 0.15) is 41.6 Å². The minimum Gasteiger partial charge on any atom is -0.307 e. The van der Waals surface area contributed by atoms with Crippen LogP contribution in [-0.4, -0.2) is 18.4 Å². The van der Waals surface area contributed by atoms with Gasteiger partial charge in [0.05, 0.1) is 11.6 Å². The molecule has 1 saturated heterocycles. The van der Waals surface area contributed by atoms with Crippen LogP contribution >= 0.6 is 0 Å². The molecular formula is C14H16F3NO. The molecule has 1 atom stereocenters. The topological polar surface area (TPSA) is 29.1 Å². The first-order chi connectivity index (χ1) is 9.00. The fourth-order valence-corrected chi connectivity index (χ4v) is 2.39. The van der Waals surface area contributed by atoms with Crippen molar-refractivity contribution < 1.29 is 18.0 Å². The third kappa shape index (κ3) is 3.35. The van der Waals surface area contributed by atoms with Crippen molar-refractivity contribution in [2.24, 2.45) is 0 Å². The van der Waals surface area contributed by atoms with Crippen molar-refractivity contribution in [3.05, 3.63) is 35.4 Å². The molecule has 1 N–H and O–H groups in total. The number of hydrogen-bond acceptors (Lipinski definition) is 2. The predicted molar refractivity (Wildman–Crippen MR) is 66.0 cm³/mol. The van der Waals surface area contributed by atoms with Crippen LogP contribution in [0.3, 0.4) is 0 Å². The molecule has 19 heavy (non-hydrogen) atoms. The van der Waals surface area contributed by atoms with Crippen molar-refractivity contribution in [1.29, 1.82) is 0 Å². The Balaban J connectivity index is 2.28. The number of ketones is 1. The van der Waals surface area contributed by atoms with Gasteiger partial charge in [-0.25, -0.2) is 0 Å². The summed E-state index contributed by atoms with van der Waals surface area (Å²) < 4.78 is 38.7. The summed E-state index contributed by atoms with van der Waals surface area (Å²) >= 11 is 0. The highest BCUT2D eigenvalue weighted by Gasteiger charge is 2.36. The van der Waals surface area contributed by atoms with Gasteiger partial charge >= 0.3 is 6.18 Å². The number of benzene rings is 1. The Morgan fingerprint density at radius 2 is 1.89 bits per heavy atom. The van der Waals surface area contributed by atoms with E-state index in [2.05, 4.69) is 5.32 Å². The van der Waals surface area contributed by atoms with Gasteiger partial charge in [0.15, 0.2) is 5.78 Å². The summed E-state index contributed by atoms with van der Waals surface area (Å²) in [5, 5.41) is 3.04. The van der Waals surface area contributed by atoms with Gasteiger partial charge in [-0.15, -0.1) is 0 Å². The van der Waals surface area contributed by atoms with E-state index in [-0.39, 0.29) is 5.56 Å². The van der Waals surface area contributed by atoms with E-state index in [1.807, 2.05) is 0 Å². The van der Waals surface area contributed by atoms with E-state index >= 15 is 0 Å². The first kappa shape index (κ1) is 14.1. The maximum atomic E-state index is 12.9. The summed E-state index contributed by atoms with van der Waals surface area (Å²) in [6, 6.07) is 4.51. The molecule has 2 nitrogen and oxygen atoms in total. The van der Waals surface area contributed by atoms with E-state index in [9.17, 15) is 18.0 Å². The maximum Gasteiger partial charge on any atom is 0.417 e. The molecule has 1 unspecified atom stereocenters. The number of nitrogens with one attached hydrogen (secondary N) is 1. The van der Waals surface area contributed by atoms with E-state index in [0.29, 0.717) is 13.0 Å². The molecule has 1 aliphatic heterocycles. The molecule has 1 aliphatic rings. The minimum atomic E-state index is -4.49. The van der Waals surface area contributed by atoms with Crippen molar-refractivity contribution >= 4 is 5.78 Å². The van der Waals surface area contributed by atoms with E-state index < -0.39 is 23.6 Å². The SMILES string of the molecule is O=C(c1ccccc1C(F)(F)F)C1CCCCCN1. The fourth-order valence-electron chi connectivity index (χ4n) is 2.39. The number of carbonyl (C=O) groups is 1. The zero-order valence-electron chi connectivity index (χ0n) is 10.5. The quantitative estimate of drug-likeness (QED) is 0.835. The van der Waals surface area contributed by atoms with Crippen molar-refractivity contribution in [3.8, 4) is 0 Å². The molecule has 1 heterocycles. The highest BCUT2D eigenvalue weighted by molar-refractivity contribution is 6.01. The third-order valence-electron chi connectivity index (χ3n) is 3.37. The lowest BCUT2D eigenvalue weighted by atomic mass is 9.96. The van der Waals surface area contributed by atoms with Gasteiger partial charge in [-0.05, 0) is 25.5 Å². The van der Waals surface area contributed by atoms with Gasteiger partial charge in [-0.3, -0.25) is 4.79 Å². The Kier molecular flexibility index (Phi) is 4.24. The van der Waals surface area contributed by atoms with Crippen molar-refractivity contribution in [3.63, 3.8) is 0 Å². The number of Topliss-reactive ketones (excluding diaryl/α,β-unsaturated/α-hetero) is 1. The van der Waals surface area contributed by atoms with Crippen LogP contribution in [0.15, 0.2) is 24.3 Å². The van der Waals surface area contributed by atoms with Gasteiger partial charge in [0.2, 0.25) is 0 Å². The Morgan fingerprint density at radius 3 is 2.63 bits per heavy atom. The second-order valence-electron chi connectivity index (χ2n) is 4.76. The number of rotatable bonds is 2. The summed E-state index contributed by atoms with van der Waals surface area (Å²) in [5.74, 6) is -0.449. The smallest absolute Gasteiger partial charge is 0.307 e. The average molecular weight is 271 g/mol. The highest BCUT2D eigenvalue weighted by atomic mass is 19.4. The van der Waals surface area contributed by atoms with Gasteiger partial charge in [-0.2, -0.15) is 13.2 Å². The lowest BCUT2D eigenvalue weighted by Gasteiger charge is -2.17. The molecule has 0 saturated carbocycles. The zero-order valence-corrected chi connectivity index (χ0v) is 10.5. The van der Waals surface area contributed by atoms with Crippen LogP contribution in [-0.2, 0) is 6.18 Å². The molecule has 5 heteroatoms. The van der Waals surface area contributed by atoms with Gasteiger partial charge < -0.3 is 5.32 Å². The Hall–Kier alpha value is -1.36. The van der Waals surface area contributed by atoms with Crippen molar-refractivity contribution in [2.75, 3.05) is 6.54 Å². The van der Waals surface area contributed by atoms with Crippen LogP contribution in [0, 0.1) is 0 Å². The monoisotopic (exact) mass is 271 g/mol. The molecule has 1 fully saturated rings. The second kappa shape index (κ2) is 5.74. The molecule has 0 spiro atoms. The molecule has 104 valence electrons. The Morgan fingerprint density at radius 1 is 1.16 bits per heavy atom. The van der Waals surface area contributed by atoms with E-state index in [0.717, 1.165) is 25.3 Å². The van der Waals surface area contributed by atoms with E-state index in [1.165, 1.54) is 18.2 Å². The second-order valence-corrected chi connectivity index (χ2v) is 4.76. The summed E-state index contributed by atoms with van der Waals surface area (Å²) in [5.41, 5.74) is -1.07. The maximum absolute atomic E-state index is 12.9. The Labute approximate surface area is 110 Å². The number of carbonyl (C=O) groups excluding carboxylic acids is 1. The molecule has 0 radical (unpaired) electrons. The van der Waals surface area contributed by atoms with Crippen molar-refractivity contribution in [2.45, 2.75) is 37.9 Å². The van der Waals surface area contributed by atoms with E-state index in [4.69, 9.17) is 0 Å². The summed E-state index contributed by atoms with van der Waals surface area (Å²) in [6.07, 6.45) is -1.04. The van der Waals surface area contributed by atoms with Gasteiger partial charge in [-0.1, -0.05) is 31.0 Å². The fraction of sp³-hybridized carbons (Fsp3) is 0.500. The van der Waals surface area contributed by atoms with Gasteiger partial charge in [0, 0.05) is 5.56 Å². The predicted octanol–water partition coefficient (Wildman–Crippen LogP) is 3.42. The molecular weight excluding hydrogens is 255 g/mol. The minimum absolute atomic E-state index is 0.227. The summed E-state index contributed by atoms with van der Waals surface area (Å²) in [4.78, 5) is 12.3. The molecule has 1 aromatic carbocycles. The van der Waals surface area contributed by atoms with Gasteiger partial charge in [0.25, 0.3) is 0 Å². The molecule has 0 aliphatic carbocycles. The lowest BCUT2D eigenvalue weighted by Crippen LogP contribution is -2.37. The third-order valence-corrected chi connectivity index (χ3v) is 3.37. The van der Waals surface area contributed by atoms with E-state index in [1.54, 1.807) is 0 Å². The van der Waals surface area contributed by atoms with Crippen molar-refractivity contribution in [1.82, 2.24) is 5.32 Å². The average Bonchev–Trinajstić information content (AvgIpc) is 2.66. The largest absolute Gasteiger partial charge is 0.417 e. The number of halogens is 3. The highest BCUT2D eigenvalue weighted by Crippen LogP contribution is 2.32. The molecule has 0 aromatic heterocycles.